The first-order chi connectivity index (χ1) is 21.4. The summed E-state index contributed by atoms with van der Waals surface area (Å²) >= 11 is 0. The fraction of sp³-hybridized carbons (Fsp3) is 0.268. The quantitative estimate of drug-likeness (QED) is 0.167. The van der Waals surface area contributed by atoms with Crippen LogP contribution in [0.5, 0.6) is 0 Å². The lowest BCUT2D eigenvalue weighted by Gasteiger charge is -2.52. The zero-order chi connectivity index (χ0) is 29.3. The van der Waals surface area contributed by atoms with Crippen LogP contribution < -0.4 is 15.8 Å². The molecule has 1 saturated carbocycles. The first-order valence-electron chi connectivity index (χ1n) is 16.6. The zero-order valence-corrected chi connectivity index (χ0v) is 26.0. The van der Waals surface area contributed by atoms with Gasteiger partial charge in [-0.15, -0.1) is 0 Å². The van der Waals surface area contributed by atoms with E-state index in [-0.39, 0.29) is 23.2 Å². The largest absolute Gasteiger partial charge is 0.375 e. The van der Waals surface area contributed by atoms with Crippen molar-refractivity contribution in [3.63, 3.8) is 0 Å². The van der Waals surface area contributed by atoms with E-state index >= 15 is 0 Å². The molecular formula is C41H35BN2. The molecule has 2 unspecified atom stereocenters. The van der Waals surface area contributed by atoms with Crippen molar-refractivity contribution in [3.8, 4) is 22.4 Å². The van der Waals surface area contributed by atoms with Crippen molar-refractivity contribution in [2.75, 3.05) is 4.90 Å². The van der Waals surface area contributed by atoms with Gasteiger partial charge in [-0.2, -0.15) is 0 Å². The number of para-hydroxylation sites is 2. The molecule has 2 nitrogen and oxygen atoms in total. The van der Waals surface area contributed by atoms with Crippen LogP contribution in [0.15, 0.2) is 91.0 Å². The maximum absolute atomic E-state index is 2.85. The molecule has 1 aromatic heterocycles. The summed E-state index contributed by atoms with van der Waals surface area (Å²) in [6.45, 7) is 10.2. The van der Waals surface area contributed by atoms with Gasteiger partial charge in [0.15, 0.2) is 0 Å². The number of benzene rings is 5. The fourth-order valence-electron chi connectivity index (χ4n) is 11.0. The Labute approximate surface area is 259 Å². The summed E-state index contributed by atoms with van der Waals surface area (Å²) in [7, 11) is 0. The molecule has 0 amide bonds. The van der Waals surface area contributed by atoms with E-state index in [1.165, 1.54) is 103 Å². The van der Waals surface area contributed by atoms with E-state index < -0.39 is 0 Å². The van der Waals surface area contributed by atoms with Crippen molar-refractivity contribution in [1.29, 1.82) is 0 Å². The van der Waals surface area contributed by atoms with Gasteiger partial charge in [-0.25, -0.2) is 0 Å². The van der Waals surface area contributed by atoms with Crippen LogP contribution in [0.2, 0.25) is 0 Å². The third-order valence-electron chi connectivity index (χ3n) is 13.1. The van der Waals surface area contributed by atoms with Gasteiger partial charge in [0.2, 0.25) is 0 Å². The van der Waals surface area contributed by atoms with Gasteiger partial charge in [0.1, 0.15) is 0 Å². The highest BCUT2D eigenvalue weighted by Crippen LogP contribution is 2.63. The van der Waals surface area contributed by atoms with E-state index in [1.807, 2.05) is 0 Å². The molecule has 3 heteroatoms. The van der Waals surface area contributed by atoms with Gasteiger partial charge >= 0.3 is 6.85 Å². The average Bonchev–Trinajstić information content (AvgIpc) is 3.59. The second kappa shape index (κ2) is 7.34. The van der Waals surface area contributed by atoms with Crippen LogP contribution in [-0.2, 0) is 10.8 Å². The van der Waals surface area contributed by atoms with Crippen molar-refractivity contribution in [2.24, 2.45) is 0 Å². The van der Waals surface area contributed by atoms with Gasteiger partial charge in [-0.1, -0.05) is 119 Å². The summed E-state index contributed by atoms with van der Waals surface area (Å²) < 4.78 is 2.80. The lowest BCUT2D eigenvalue weighted by Crippen LogP contribution is -2.62. The van der Waals surface area contributed by atoms with Crippen LogP contribution in [0.4, 0.5) is 11.4 Å². The molecule has 6 aromatic rings. The molecule has 0 saturated heterocycles. The fourth-order valence-corrected chi connectivity index (χ4v) is 11.0. The number of rotatable bonds is 0. The van der Waals surface area contributed by atoms with Crippen molar-refractivity contribution in [3.05, 3.63) is 108 Å². The van der Waals surface area contributed by atoms with Gasteiger partial charge in [0.25, 0.3) is 0 Å². The lowest BCUT2D eigenvalue weighted by molar-refractivity contribution is 0.195. The smallest absolute Gasteiger partial charge is 0.333 e. The minimum Gasteiger partial charge on any atom is -0.375 e. The number of hydrogen-bond donors (Lipinski definition) is 0. The maximum Gasteiger partial charge on any atom is 0.333 e. The van der Waals surface area contributed by atoms with Crippen molar-refractivity contribution >= 4 is 50.8 Å². The molecular weight excluding hydrogens is 531 g/mol. The van der Waals surface area contributed by atoms with Crippen LogP contribution in [0.3, 0.4) is 0 Å². The third kappa shape index (κ3) is 2.34. The second-order valence-corrected chi connectivity index (χ2v) is 15.2. The molecule has 2 aliphatic carbocycles. The molecule has 3 aliphatic heterocycles. The van der Waals surface area contributed by atoms with Crippen LogP contribution in [0, 0.1) is 0 Å². The van der Waals surface area contributed by atoms with E-state index in [2.05, 4.69) is 128 Å². The zero-order valence-electron chi connectivity index (χ0n) is 26.0. The van der Waals surface area contributed by atoms with E-state index in [1.54, 1.807) is 5.56 Å². The molecule has 5 aliphatic rings. The molecule has 212 valence electrons. The van der Waals surface area contributed by atoms with Gasteiger partial charge in [-0.3, -0.25) is 0 Å². The predicted octanol–water partition coefficient (Wildman–Crippen LogP) is 8.79. The van der Waals surface area contributed by atoms with Gasteiger partial charge < -0.3 is 9.38 Å². The number of aromatic nitrogens is 1. The van der Waals surface area contributed by atoms with Crippen molar-refractivity contribution in [2.45, 2.75) is 69.7 Å². The third-order valence-corrected chi connectivity index (χ3v) is 13.1. The molecule has 0 bridgehead atoms. The highest BCUT2D eigenvalue weighted by molar-refractivity contribution is 6.90. The Morgan fingerprint density at radius 2 is 1.43 bits per heavy atom. The molecule has 0 N–H and O–H groups in total. The highest BCUT2D eigenvalue weighted by atomic mass is 15.3. The molecule has 2 atom stereocenters. The van der Waals surface area contributed by atoms with E-state index in [9.17, 15) is 0 Å². The predicted molar refractivity (Wildman–Crippen MR) is 186 cm³/mol. The topological polar surface area (TPSA) is 8.17 Å². The summed E-state index contributed by atoms with van der Waals surface area (Å²) in [5.41, 5.74) is 17.6. The van der Waals surface area contributed by atoms with Crippen LogP contribution in [-0.4, -0.2) is 16.9 Å². The second-order valence-electron chi connectivity index (χ2n) is 15.2. The molecule has 5 aromatic carbocycles. The molecule has 0 spiro atoms. The summed E-state index contributed by atoms with van der Waals surface area (Å²) in [6, 6.07) is 35.4. The Balaban J connectivity index is 1.39. The number of anilines is 2. The lowest BCUT2D eigenvalue weighted by atomic mass is 9.44. The number of hydrogen-bond acceptors (Lipinski definition) is 1. The van der Waals surface area contributed by atoms with Crippen LogP contribution >= 0.6 is 0 Å². The molecule has 44 heavy (non-hydrogen) atoms. The van der Waals surface area contributed by atoms with E-state index in [4.69, 9.17) is 0 Å². The van der Waals surface area contributed by atoms with E-state index in [0.717, 1.165) is 0 Å². The first-order valence-corrected chi connectivity index (χ1v) is 16.6. The molecule has 0 radical (unpaired) electrons. The van der Waals surface area contributed by atoms with Gasteiger partial charge in [0.05, 0.1) is 5.54 Å². The van der Waals surface area contributed by atoms with Crippen molar-refractivity contribution in [1.82, 2.24) is 4.48 Å². The Kier molecular flexibility index (Phi) is 4.03. The van der Waals surface area contributed by atoms with Crippen LogP contribution in [0.1, 0.15) is 70.1 Å². The number of nitrogens with zero attached hydrogens (tertiary/aromatic N) is 2. The van der Waals surface area contributed by atoms with E-state index in [0.29, 0.717) is 0 Å². The van der Waals surface area contributed by atoms with Gasteiger partial charge in [0, 0.05) is 49.9 Å². The Hall–Kier alpha value is -4.24. The minimum atomic E-state index is -0.0648. The maximum atomic E-state index is 2.85. The van der Waals surface area contributed by atoms with Gasteiger partial charge in [-0.05, 0) is 69.8 Å². The summed E-state index contributed by atoms with van der Waals surface area (Å²) in [5.74, 6) is 0. The normalized spacial score (nSPS) is 24.3. The highest BCUT2D eigenvalue weighted by Gasteiger charge is 2.61. The Morgan fingerprint density at radius 1 is 0.705 bits per heavy atom. The Bertz CT molecular complexity index is 2320. The molecule has 1 fully saturated rings. The number of fused-ring (bicyclic) bond motifs is 14. The monoisotopic (exact) mass is 566 g/mol. The summed E-state index contributed by atoms with van der Waals surface area (Å²) in [5, 5.41) is 4.15. The Morgan fingerprint density at radius 3 is 2.34 bits per heavy atom. The summed E-state index contributed by atoms with van der Waals surface area (Å²) in [4.78, 5) is 2.85. The SMILES string of the molecule is CC1(C)c2ccccc2-c2c1c1cccc3c1n2B1c2cccc4c2N(c2cc5ccccc5c-3c21)C1(C)CCCCC41C. The molecule has 11 rings (SSSR count). The average molecular weight is 567 g/mol. The summed E-state index contributed by atoms with van der Waals surface area (Å²) in [6.07, 6.45) is 5.09. The first kappa shape index (κ1) is 24.1. The standard InChI is InChI=1S/C41H35BN2/c1-39(2)29-18-8-7-15-26(29)37-34(39)28-17-11-16-27-33-25-14-6-5-13-24(25)23-32-35(33)42(44(37)36(27)28)31-20-12-19-30-38(31)43(32)41(4)22-10-9-21-40(30,41)3/h5-8,11-20,23H,9-10,21-22H2,1-4H3. The van der Waals surface area contributed by atoms with Crippen LogP contribution in [0.25, 0.3) is 44.1 Å². The minimum absolute atomic E-state index is 0.0460. The molecule has 4 heterocycles. The van der Waals surface area contributed by atoms with Crippen molar-refractivity contribution < 1.29 is 0 Å².